The molecular formula is C21H26ClNO3. The molecule has 1 saturated carbocycles. The molecular weight excluding hydrogens is 350 g/mol. The van der Waals surface area contributed by atoms with E-state index in [0.29, 0.717) is 6.61 Å². The highest BCUT2D eigenvalue weighted by atomic mass is 35.5. The molecule has 1 aliphatic rings. The van der Waals surface area contributed by atoms with Gasteiger partial charge in [-0.15, -0.1) is 0 Å². The molecule has 1 fully saturated rings. The van der Waals surface area contributed by atoms with Crippen LogP contribution in [0.5, 0.6) is 0 Å². The lowest BCUT2D eigenvalue weighted by atomic mass is 10.1. The summed E-state index contributed by atoms with van der Waals surface area (Å²) in [4.78, 5) is 12.4. The Balaban J connectivity index is 1.50. The second-order valence-electron chi connectivity index (χ2n) is 7.52. The number of ether oxygens (including phenoxy) is 2. The topological polar surface area (TPSA) is 40.5 Å². The number of hydrogen-bond acceptors (Lipinski definition) is 3. The predicted molar refractivity (Wildman–Crippen MR) is 102 cm³/mol. The summed E-state index contributed by atoms with van der Waals surface area (Å²) < 4.78 is 13.2. The molecule has 0 N–H and O–H groups in total. The number of aromatic nitrogens is 1. The fraction of sp³-hybridized carbons (Fsp3) is 0.476. The summed E-state index contributed by atoms with van der Waals surface area (Å²) in [5, 5.41) is 0.738. The van der Waals surface area contributed by atoms with Crippen molar-refractivity contribution in [3.8, 4) is 0 Å². The van der Waals surface area contributed by atoms with E-state index in [1.165, 1.54) is 11.1 Å². The van der Waals surface area contributed by atoms with Crippen LogP contribution in [0, 0.1) is 11.3 Å². The van der Waals surface area contributed by atoms with Crippen molar-refractivity contribution in [2.24, 2.45) is 11.3 Å². The average Bonchev–Trinajstić information content (AvgIpc) is 2.92. The van der Waals surface area contributed by atoms with Crippen molar-refractivity contribution < 1.29 is 14.3 Å². The molecule has 3 rings (SSSR count). The minimum atomic E-state index is -0.177. The molecule has 1 heterocycles. The molecule has 4 nitrogen and oxygen atoms in total. The molecule has 0 amide bonds. The highest BCUT2D eigenvalue weighted by molar-refractivity contribution is 6.30. The molecule has 1 aliphatic carbocycles. The Labute approximate surface area is 160 Å². The Morgan fingerprint density at radius 3 is 2.62 bits per heavy atom. The van der Waals surface area contributed by atoms with Gasteiger partial charge in [-0.2, -0.15) is 0 Å². The van der Waals surface area contributed by atoms with Crippen molar-refractivity contribution >= 4 is 17.6 Å². The Morgan fingerprint density at radius 2 is 1.92 bits per heavy atom. The van der Waals surface area contributed by atoms with Crippen molar-refractivity contribution in [1.82, 2.24) is 4.57 Å². The van der Waals surface area contributed by atoms with E-state index < -0.39 is 0 Å². The van der Waals surface area contributed by atoms with Crippen LogP contribution in [0.15, 0.2) is 42.7 Å². The summed E-state index contributed by atoms with van der Waals surface area (Å²) in [5.74, 6) is -0.345. The number of carbonyl (C=O) groups is 1. The monoisotopic (exact) mass is 375 g/mol. The van der Waals surface area contributed by atoms with Crippen molar-refractivity contribution in [3.63, 3.8) is 0 Å². The minimum absolute atomic E-state index is 0.0277. The van der Waals surface area contributed by atoms with Gasteiger partial charge < -0.3 is 14.0 Å². The van der Waals surface area contributed by atoms with Gasteiger partial charge in [-0.05, 0) is 42.2 Å². The van der Waals surface area contributed by atoms with Crippen LogP contribution in [0.4, 0.5) is 0 Å². The lowest BCUT2D eigenvalue weighted by Crippen LogP contribution is -2.14. The van der Waals surface area contributed by atoms with Gasteiger partial charge in [0.2, 0.25) is 0 Å². The Bertz CT molecular complexity index is 751. The quantitative estimate of drug-likeness (QED) is 0.629. The fourth-order valence-corrected chi connectivity index (χ4v) is 3.44. The smallest absolute Gasteiger partial charge is 0.313 e. The van der Waals surface area contributed by atoms with Gasteiger partial charge in [0.1, 0.15) is 0 Å². The zero-order valence-electron chi connectivity index (χ0n) is 15.6. The van der Waals surface area contributed by atoms with E-state index >= 15 is 0 Å². The summed E-state index contributed by atoms with van der Waals surface area (Å²) >= 11 is 5.92. The lowest BCUT2D eigenvalue weighted by Gasteiger charge is -2.06. The molecule has 0 saturated heterocycles. The third-order valence-corrected chi connectivity index (χ3v) is 5.23. The van der Waals surface area contributed by atoms with E-state index in [9.17, 15) is 4.79 Å². The number of hydrogen-bond donors (Lipinski definition) is 0. The number of rotatable bonds is 8. The first-order valence-electron chi connectivity index (χ1n) is 9.09. The number of halogens is 1. The summed E-state index contributed by atoms with van der Waals surface area (Å²) in [5.41, 5.74) is 2.22. The van der Waals surface area contributed by atoms with Gasteiger partial charge in [0.25, 0.3) is 0 Å². The maximum atomic E-state index is 12.4. The van der Waals surface area contributed by atoms with Gasteiger partial charge in [-0.1, -0.05) is 44.5 Å². The van der Waals surface area contributed by atoms with Crippen molar-refractivity contribution in [2.75, 3.05) is 6.61 Å². The molecule has 140 valence electrons. The number of benzene rings is 1. The van der Waals surface area contributed by atoms with Gasteiger partial charge in [0.05, 0.1) is 12.0 Å². The first-order valence-corrected chi connectivity index (χ1v) is 9.47. The first kappa shape index (κ1) is 19.0. The van der Waals surface area contributed by atoms with Gasteiger partial charge in [0.15, 0.2) is 6.73 Å². The van der Waals surface area contributed by atoms with Crippen LogP contribution in [-0.2, 0) is 27.4 Å². The molecule has 2 unspecified atom stereocenters. The van der Waals surface area contributed by atoms with Crippen LogP contribution in [0.25, 0.3) is 0 Å². The molecule has 0 aliphatic heterocycles. The van der Waals surface area contributed by atoms with Crippen LogP contribution < -0.4 is 0 Å². The number of esters is 1. The molecule has 0 radical (unpaired) electrons. The number of carbonyl (C=O) groups excluding carboxylic acids is 1. The maximum Gasteiger partial charge on any atom is 0.313 e. The second kappa shape index (κ2) is 7.85. The SMILES string of the molecule is CCCOC1C(C(=O)OCn2ccc(Cc3ccc(Cl)cc3)c2)C1(C)C. The highest BCUT2D eigenvalue weighted by Crippen LogP contribution is 2.54. The summed E-state index contributed by atoms with van der Waals surface area (Å²) in [6, 6.07) is 9.86. The standard InChI is InChI=1S/C21H26ClNO3/c1-4-11-25-19-18(21(19,2)3)20(24)26-14-23-10-9-16(13-23)12-15-5-7-17(22)8-6-15/h5-10,13,18-19H,4,11-12,14H2,1-3H3. The predicted octanol–water partition coefficient (Wildman–Crippen LogP) is 4.68. The Kier molecular flexibility index (Phi) is 5.73. The molecule has 0 spiro atoms. The van der Waals surface area contributed by atoms with Crippen LogP contribution in [0.2, 0.25) is 5.02 Å². The lowest BCUT2D eigenvalue weighted by molar-refractivity contribution is -0.150. The van der Waals surface area contributed by atoms with Crippen LogP contribution >= 0.6 is 11.6 Å². The van der Waals surface area contributed by atoms with Gasteiger partial charge >= 0.3 is 5.97 Å². The average molecular weight is 376 g/mol. The van der Waals surface area contributed by atoms with Gasteiger partial charge in [0, 0.05) is 29.4 Å². The molecule has 1 aromatic carbocycles. The van der Waals surface area contributed by atoms with Crippen molar-refractivity contribution in [3.05, 3.63) is 58.9 Å². The van der Waals surface area contributed by atoms with E-state index in [4.69, 9.17) is 21.1 Å². The molecule has 1 aromatic heterocycles. The van der Waals surface area contributed by atoms with Crippen LogP contribution in [0.1, 0.15) is 38.3 Å². The summed E-state index contributed by atoms with van der Waals surface area (Å²) in [6.07, 6.45) is 5.68. The molecule has 26 heavy (non-hydrogen) atoms. The zero-order valence-corrected chi connectivity index (χ0v) is 16.3. The largest absolute Gasteiger partial charge is 0.444 e. The molecule has 0 bridgehead atoms. The van der Waals surface area contributed by atoms with E-state index in [0.717, 1.165) is 17.9 Å². The second-order valence-corrected chi connectivity index (χ2v) is 7.96. The van der Waals surface area contributed by atoms with E-state index in [1.807, 2.05) is 47.3 Å². The summed E-state index contributed by atoms with van der Waals surface area (Å²) in [6.45, 7) is 7.09. The molecule has 5 heteroatoms. The fourth-order valence-electron chi connectivity index (χ4n) is 3.32. The minimum Gasteiger partial charge on any atom is -0.444 e. The van der Waals surface area contributed by atoms with Crippen LogP contribution in [-0.4, -0.2) is 23.2 Å². The Morgan fingerprint density at radius 1 is 1.19 bits per heavy atom. The van der Waals surface area contributed by atoms with Gasteiger partial charge in [-0.3, -0.25) is 4.79 Å². The number of nitrogens with zero attached hydrogens (tertiary/aromatic N) is 1. The molecule has 2 aromatic rings. The zero-order chi connectivity index (χ0) is 18.7. The summed E-state index contributed by atoms with van der Waals surface area (Å²) in [7, 11) is 0. The van der Waals surface area contributed by atoms with E-state index in [1.54, 1.807) is 0 Å². The van der Waals surface area contributed by atoms with E-state index in [-0.39, 0.29) is 30.1 Å². The first-order chi connectivity index (χ1) is 12.4. The third kappa shape index (κ3) is 4.30. The normalized spacial score (nSPS) is 20.8. The van der Waals surface area contributed by atoms with Crippen molar-refractivity contribution in [1.29, 1.82) is 0 Å². The van der Waals surface area contributed by atoms with Crippen LogP contribution in [0.3, 0.4) is 0 Å². The van der Waals surface area contributed by atoms with Gasteiger partial charge in [-0.25, -0.2) is 0 Å². The molecule has 2 atom stereocenters. The highest BCUT2D eigenvalue weighted by Gasteiger charge is 2.64. The third-order valence-electron chi connectivity index (χ3n) is 4.97. The maximum absolute atomic E-state index is 12.4. The van der Waals surface area contributed by atoms with E-state index in [2.05, 4.69) is 20.8 Å². The van der Waals surface area contributed by atoms with Crippen molar-refractivity contribution in [2.45, 2.75) is 46.4 Å². The Hall–Kier alpha value is -1.78.